The molecule has 0 bridgehead atoms. The standard InChI is InChI=1S/C20H22N6O4S/c1-25(2)31(29,30)18-5-3-4-16(10-18)20(28)23-12-19(27)22-11-15-6-8-17(9-7-15)26-14-21-13-24-26/h3-10,13-14H,11-12H2,1-2H3,(H,22,27)(H,23,28). The maximum Gasteiger partial charge on any atom is 0.251 e. The Kier molecular flexibility index (Phi) is 6.78. The molecule has 1 aromatic heterocycles. The Morgan fingerprint density at radius 1 is 1.06 bits per heavy atom. The molecule has 0 atom stereocenters. The van der Waals surface area contributed by atoms with Gasteiger partial charge >= 0.3 is 0 Å². The smallest absolute Gasteiger partial charge is 0.251 e. The van der Waals surface area contributed by atoms with Crippen LogP contribution in [0.3, 0.4) is 0 Å². The van der Waals surface area contributed by atoms with Gasteiger partial charge in [-0.1, -0.05) is 18.2 Å². The highest BCUT2D eigenvalue weighted by molar-refractivity contribution is 7.89. The Morgan fingerprint density at radius 2 is 1.81 bits per heavy atom. The van der Waals surface area contributed by atoms with E-state index in [9.17, 15) is 18.0 Å². The minimum atomic E-state index is -3.66. The zero-order chi connectivity index (χ0) is 22.4. The van der Waals surface area contributed by atoms with Gasteiger partial charge < -0.3 is 10.6 Å². The highest BCUT2D eigenvalue weighted by atomic mass is 32.2. The van der Waals surface area contributed by atoms with Gasteiger partial charge in [0, 0.05) is 26.2 Å². The topological polar surface area (TPSA) is 126 Å². The maximum absolute atomic E-state index is 12.3. The first-order valence-corrected chi connectivity index (χ1v) is 10.7. The number of hydrogen-bond donors (Lipinski definition) is 2. The van der Waals surface area contributed by atoms with Crippen LogP contribution in [0.2, 0.25) is 0 Å². The molecule has 2 aromatic carbocycles. The van der Waals surface area contributed by atoms with Crippen molar-refractivity contribution in [3.63, 3.8) is 0 Å². The van der Waals surface area contributed by atoms with E-state index in [1.807, 2.05) is 24.3 Å². The van der Waals surface area contributed by atoms with E-state index in [0.717, 1.165) is 15.6 Å². The largest absolute Gasteiger partial charge is 0.350 e. The van der Waals surface area contributed by atoms with E-state index in [1.54, 1.807) is 11.0 Å². The van der Waals surface area contributed by atoms with Crippen LogP contribution in [-0.4, -0.2) is 59.9 Å². The third-order valence-electron chi connectivity index (χ3n) is 4.39. The second kappa shape index (κ2) is 9.49. The van der Waals surface area contributed by atoms with Crippen LogP contribution in [0, 0.1) is 0 Å². The molecule has 2 amide bonds. The second-order valence-electron chi connectivity index (χ2n) is 6.78. The number of benzene rings is 2. The molecule has 0 radical (unpaired) electrons. The van der Waals surface area contributed by atoms with E-state index in [2.05, 4.69) is 20.7 Å². The lowest BCUT2D eigenvalue weighted by molar-refractivity contribution is -0.120. The highest BCUT2D eigenvalue weighted by Gasteiger charge is 2.19. The Bertz CT molecular complexity index is 1160. The molecule has 162 valence electrons. The number of rotatable bonds is 8. The monoisotopic (exact) mass is 442 g/mol. The third-order valence-corrected chi connectivity index (χ3v) is 6.20. The Morgan fingerprint density at radius 3 is 2.45 bits per heavy atom. The number of nitrogens with one attached hydrogen (secondary N) is 2. The molecular formula is C20H22N6O4S. The molecule has 0 unspecified atom stereocenters. The van der Waals surface area contributed by atoms with Crippen molar-refractivity contribution in [2.24, 2.45) is 0 Å². The summed E-state index contributed by atoms with van der Waals surface area (Å²) in [6.07, 6.45) is 3.03. The first kappa shape index (κ1) is 22.1. The van der Waals surface area contributed by atoms with Crippen LogP contribution >= 0.6 is 0 Å². The molecule has 10 nitrogen and oxygen atoms in total. The molecule has 2 N–H and O–H groups in total. The summed E-state index contributed by atoms with van der Waals surface area (Å²) in [7, 11) is -0.833. The molecule has 1 heterocycles. The predicted molar refractivity (Wildman–Crippen MR) is 113 cm³/mol. The SMILES string of the molecule is CN(C)S(=O)(=O)c1cccc(C(=O)NCC(=O)NCc2ccc(-n3cncn3)cc2)c1. The number of hydrogen-bond acceptors (Lipinski definition) is 6. The molecule has 0 aliphatic rings. The lowest BCUT2D eigenvalue weighted by Crippen LogP contribution is -2.36. The molecule has 0 fully saturated rings. The summed E-state index contributed by atoms with van der Waals surface area (Å²) in [5, 5.41) is 9.26. The van der Waals surface area contributed by atoms with Gasteiger partial charge in [0.05, 0.1) is 17.1 Å². The summed E-state index contributed by atoms with van der Waals surface area (Å²) in [5.74, 6) is -0.908. The van der Waals surface area contributed by atoms with Crippen molar-refractivity contribution in [2.45, 2.75) is 11.4 Å². The van der Waals surface area contributed by atoms with Crippen LogP contribution in [0.1, 0.15) is 15.9 Å². The van der Waals surface area contributed by atoms with Crippen LogP contribution in [0.4, 0.5) is 0 Å². The molecular weight excluding hydrogens is 420 g/mol. The molecule has 3 aromatic rings. The second-order valence-corrected chi connectivity index (χ2v) is 8.93. The predicted octanol–water partition coefficient (Wildman–Crippen LogP) is 0.564. The van der Waals surface area contributed by atoms with E-state index in [0.29, 0.717) is 6.54 Å². The van der Waals surface area contributed by atoms with Crippen molar-refractivity contribution in [3.8, 4) is 5.69 Å². The molecule has 0 saturated carbocycles. The van der Waals surface area contributed by atoms with Gasteiger partial charge in [0.1, 0.15) is 12.7 Å². The van der Waals surface area contributed by atoms with Crippen LogP contribution in [0.5, 0.6) is 0 Å². The highest BCUT2D eigenvalue weighted by Crippen LogP contribution is 2.14. The molecule has 0 saturated heterocycles. The third kappa shape index (κ3) is 5.53. The Balaban J connectivity index is 1.51. The number of carbonyl (C=O) groups excluding carboxylic acids is 2. The maximum atomic E-state index is 12.3. The number of sulfonamides is 1. The van der Waals surface area contributed by atoms with Crippen molar-refractivity contribution >= 4 is 21.8 Å². The average Bonchev–Trinajstić information content (AvgIpc) is 3.31. The minimum Gasteiger partial charge on any atom is -0.350 e. The van der Waals surface area contributed by atoms with Crippen LogP contribution in [0.15, 0.2) is 66.1 Å². The van der Waals surface area contributed by atoms with E-state index in [-0.39, 0.29) is 22.9 Å². The summed E-state index contributed by atoms with van der Waals surface area (Å²) in [4.78, 5) is 28.3. The van der Waals surface area contributed by atoms with Gasteiger partial charge in [-0.25, -0.2) is 22.4 Å². The van der Waals surface area contributed by atoms with Crippen LogP contribution in [0.25, 0.3) is 5.69 Å². The van der Waals surface area contributed by atoms with Crippen molar-refractivity contribution in [1.82, 2.24) is 29.7 Å². The molecule has 0 spiro atoms. The summed E-state index contributed by atoms with van der Waals surface area (Å²) < 4.78 is 27.1. The fraction of sp³-hybridized carbons (Fsp3) is 0.200. The normalized spacial score (nSPS) is 11.3. The number of amides is 2. The van der Waals surface area contributed by atoms with Gasteiger partial charge in [0.25, 0.3) is 5.91 Å². The van der Waals surface area contributed by atoms with Gasteiger partial charge in [-0.15, -0.1) is 0 Å². The van der Waals surface area contributed by atoms with Crippen molar-refractivity contribution < 1.29 is 18.0 Å². The number of nitrogens with zero attached hydrogens (tertiary/aromatic N) is 4. The van der Waals surface area contributed by atoms with E-state index in [4.69, 9.17) is 0 Å². The Hall–Kier alpha value is -3.57. The summed E-state index contributed by atoms with van der Waals surface area (Å²) in [6.45, 7) is 0.0590. The molecule has 3 rings (SSSR count). The van der Waals surface area contributed by atoms with Crippen molar-refractivity contribution in [3.05, 3.63) is 72.3 Å². The number of aromatic nitrogens is 3. The van der Waals surface area contributed by atoms with E-state index >= 15 is 0 Å². The quantitative estimate of drug-likeness (QED) is 0.525. The first-order valence-electron chi connectivity index (χ1n) is 9.29. The molecule has 0 aliphatic heterocycles. The fourth-order valence-corrected chi connectivity index (χ4v) is 3.59. The summed E-state index contributed by atoms with van der Waals surface area (Å²) in [5.41, 5.74) is 1.88. The van der Waals surface area contributed by atoms with Crippen molar-refractivity contribution in [1.29, 1.82) is 0 Å². The minimum absolute atomic E-state index is 0.00365. The fourth-order valence-electron chi connectivity index (χ4n) is 2.64. The molecule has 0 aliphatic carbocycles. The van der Waals surface area contributed by atoms with Crippen molar-refractivity contribution in [2.75, 3.05) is 20.6 Å². The van der Waals surface area contributed by atoms with E-state index < -0.39 is 15.9 Å². The van der Waals surface area contributed by atoms with Crippen LogP contribution < -0.4 is 10.6 Å². The van der Waals surface area contributed by atoms with Crippen LogP contribution in [-0.2, 0) is 21.4 Å². The van der Waals surface area contributed by atoms with E-state index in [1.165, 1.54) is 44.7 Å². The lowest BCUT2D eigenvalue weighted by Gasteiger charge is -2.12. The van der Waals surface area contributed by atoms with Gasteiger partial charge in [-0.05, 0) is 35.9 Å². The zero-order valence-electron chi connectivity index (χ0n) is 17.0. The molecule has 11 heteroatoms. The average molecular weight is 443 g/mol. The summed E-state index contributed by atoms with van der Waals surface area (Å²) >= 11 is 0. The van der Waals surface area contributed by atoms with Gasteiger partial charge in [0.2, 0.25) is 15.9 Å². The first-order chi connectivity index (χ1) is 14.8. The van der Waals surface area contributed by atoms with Gasteiger partial charge in [0.15, 0.2) is 0 Å². The zero-order valence-corrected chi connectivity index (χ0v) is 17.8. The summed E-state index contributed by atoms with van der Waals surface area (Å²) in [6, 6.07) is 13.1. The molecule has 31 heavy (non-hydrogen) atoms. The van der Waals surface area contributed by atoms with Gasteiger partial charge in [-0.3, -0.25) is 9.59 Å². The van der Waals surface area contributed by atoms with Gasteiger partial charge in [-0.2, -0.15) is 5.10 Å². The number of carbonyl (C=O) groups is 2. The Labute approximate surface area is 180 Å². The lowest BCUT2D eigenvalue weighted by atomic mass is 10.2.